The largest absolute Gasteiger partial charge is 0.461 e. The number of nitrogens with zero attached hydrogens (tertiary/aromatic N) is 2. The Labute approximate surface area is 176 Å². The summed E-state index contributed by atoms with van der Waals surface area (Å²) in [5.41, 5.74) is -1.24. The van der Waals surface area contributed by atoms with E-state index in [1.807, 2.05) is 6.08 Å². The fourth-order valence-electron chi connectivity index (χ4n) is 5.27. The normalized spacial score (nSPS) is 36.2. The van der Waals surface area contributed by atoms with Crippen molar-refractivity contribution in [2.75, 3.05) is 26.3 Å². The van der Waals surface area contributed by atoms with Gasteiger partial charge in [-0.2, -0.15) is 0 Å². The number of rotatable bonds is 6. The van der Waals surface area contributed by atoms with E-state index >= 15 is 0 Å². The van der Waals surface area contributed by atoms with E-state index in [1.54, 1.807) is 30.1 Å². The number of fused-ring (bicyclic) bond motifs is 2. The molecule has 8 heteroatoms. The Morgan fingerprint density at radius 1 is 1.23 bits per heavy atom. The van der Waals surface area contributed by atoms with Crippen molar-refractivity contribution >= 4 is 17.8 Å². The molecule has 6 atom stereocenters. The standard InChI is InChI=1S/C22H30N2O6/c1-3-4-5-10-23-11-7-9-22-17(16-15(30-22)8-6-12-29-21(16)28)19(26)24(14(2)13-25)18(22)20(23)27/h6-9,14-18,25H,3-5,10-13H2,1-2H3/t14-,15+,16-,17+,18?,22+/m1/s1. The second-order valence-corrected chi connectivity index (χ2v) is 8.57. The molecule has 1 unspecified atom stereocenters. The molecule has 0 radical (unpaired) electrons. The van der Waals surface area contributed by atoms with Gasteiger partial charge in [0.2, 0.25) is 11.8 Å². The monoisotopic (exact) mass is 418 g/mol. The van der Waals surface area contributed by atoms with Crippen LogP contribution in [0.1, 0.15) is 33.1 Å². The smallest absolute Gasteiger partial charge is 0.313 e. The predicted octanol–water partition coefficient (Wildman–Crippen LogP) is 0.650. The van der Waals surface area contributed by atoms with E-state index in [2.05, 4.69) is 6.92 Å². The van der Waals surface area contributed by atoms with Crippen LogP contribution in [0.2, 0.25) is 0 Å². The van der Waals surface area contributed by atoms with Gasteiger partial charge in [-0.1, -0.05) is 38.0 Å². The molecule has 2 saturated heterocycles. The minimum atomic E-state index is -1.24. The maximum absolute atomic E-state index is 13.7. The van der Waals surface area contributed by atoms with Crippen molar-refractivity contribution in [3.8, 4) is 0 Å². The van der Waals surface area contributed by atoms with Crippen LogP contribution in [0.3, 0.4) is 0 Å². The van der Waals surface area contributed by atoms with Crippen molar-refractivity contribution in [2.24, 2.45) is 11.8 Å². The molecule has 4 rings (SSSR count). The summed E-state index contributed by atoms with van der Waals surface area (Å²) in [4.78, 5) is 43.2. The van der Waals surface area contributed by atoms with Crippen LogP contribution in [0.15, 0.2) is 24.3 Å². The highest BCUT2D eigenvalue weighted by molar-refractivity contribution is 5.99. The van der Waals surface area contributed by atoms with Crippen molar-refractivity contribution in [1.82, 2.24) is 9.80 Å². The van der Waals surface area contributed by atoms with E-state index in [0.29, 0.717) is 13.1 Å². The van der Waals surface area contributed by atoms with E-state index in [9.17, 15) is 19.5 Å². The second-order valence-electron chi connectivity index (χ2n) is 8.57. The molecule has 4 heterocycles. The third-order valence-electron chi connectivity index (χ3n) is 6.71. The van der Waals surface area contributed by atoms with Gasteiger partial charge in [0, 0.05) is 13.1 Å². The Hall–Kier alpha value is -2.19. The molecule has 0 aromatic carbocycles. The fourth-order valence-corrected chi connectivity index (χ4v) is 5.27. The minimum absolute atomic E-state index is 0.142. The summed E-state index contributed by atoms with van der Waals surface area (Å²) in [7, 11) is 0. The van der Waals surface area contributed by atoms with Gasteiger partial charge in [-0.3, -0.25) is 14.4 Å². The molecule has 0 aromatic heterocycles. The molecule has 0 saturated carbocycles. The van der Waals surface area contributed by atoms with Crippen molar-refractivity contribution < 1.29 is 29.0 Å². The number of ether oxygens (including phenoxy) is 2. The summed E-state index contributed by atoms with van der Waals surface area (Å²) in [6.45, 7) is 4.70. The second kappa shape index (κ2) is 8.15. The Morgan fingerprint density at radius 2 is 2.03 bits per heavy atom. The van der Waals surface area contributed by atoms with E-state index in [1.165, 1.54) is 4.90 Å². The lowest BCUT2D eigenvalue weighted by atomic mass is 9.78. The molecule has 0 aromatic rings. The SMILES string of the molecule is CCCCCN1CC=C[C@]23O[C@H]4C=CCOC(=O)[C@H]4[C@H]2C(=O)N([C@H](C)CO)C3C1=O. The zero-order valence-electron chi connectivity index (χ0n) is 17.5. The third-order valence-corrected chi connectivity index (χ3v) is 6.71. The number of carbonyl (C=O) groups excluding carboxylic acids is 3. The van der Waals surface area contributed by atoms with Crippen LogP contribution in [0.5, 0.6) is 0 Å². The van der Waals surface area contributed by atoms with Crippen molar-refractivity contribution in [1.29, 1.82) is 0 Å². The van der Waals surface area contributed by atoms with Crippen molar-refractivity contribution in [2.45, 2.75) is 56.9 Å². The molecule has 164 valence electrons. The summed E-state index contributed by atoms with van der Waals surface area (Å²) in [6.07, 6.45) is 9.47. The number of likely N-dealkylation sites (tertiary alicyclic amines) is 1. The van der Waals surface area contributed by atoms with E-state index in [4.69, 9.17) is 9.47 Å². The minimum Gasteiger partial charge on any atom is -0.461 e. The highest BCUT2D eigenvalue weighted by Crippen LogP contribution is 2.53. The number of cyclic esters (lactones) is 1. The molecule has 0 aliphatic carbocycles. The van der Waals surface area contributed by atoms with Gasteiger partial charge in [0.15, 0.2) is 0 Å². The highest BCUT2D eigenvalue weighted by atomic mass is 16.6. The maximum atomic E-state index is 13.7. The van der Waals surface area contributed by atoms with Gasteiger partial charge in [0.1, 0.15) is 24.2 Å². The molecule has 2 fully saturated rings. The molecule has 4 aliphatic heterocycles. The van der Waals surface area contributed by atoms with Crippen LogP contribution in [0, 0.1) is 11.8 Å². The summed E-state index contributed by atoms with van der Waals surface area (Å²) in [5.74, 6) is -2.68. The molecule has 2 amide bonds. The van der Waals surface area contributed by atoms with E-state index < -0.39 is 41.6 Å². The fraction of sp³-hybridized carbons (Fsp3) is 0.682. The summed E-state index contributed by atoms with van der Waals surface area (Å²) >= 11 is 0. The number of hydrogen-bond acceptors (Lipinski definition) is 6. The van der Waals surface area contributed by atoms with Gasteiger partial charge in [0.25, 0.3) is 0 Å². The van der Waals surface area contributed by atoms with E-state index in [0.717, 1.165) is 19.3 Å². The quantitative estimate of drug-likeness (QED) is 0.387. The highest BCUT2D eigenvalue weighted by Gasteiger charge is 2.72. The van der Waals surface area contributed by atoms with Crippen LogP contribution < -0.4 is 0 Å². The topological polar surface area (TPSA) is 96.4 Å². The van der Waals surface area contributed by atoms with Crippen LogP contribution in [-0.2, 0) is 23.9 Å². The first-order chi connectivity index (χ1) is 14.5. The van der Waals surface area contributed by atoms with Crippen molar-refractivity contribution in [3.05, 3.63) is 24.3 Å². The first-order valence-electron chi connectivity index (χ1n) is 10.9. The van der Waals surface area contributed by atoms with Gasteiger partial charge in [0.05, 0.1) is 24.7 Å². The predicted molar refractivity (Wildman–Crippen MR) is 107 cm³/mol. The summed E-state index contributed by atoms with van der Waals surface area (Å²) in [5, 5.41) is 9.81. The molecule has 8 nitrogen and oxygen atoms in total. The number of carbonyl (C=O) groups is 3. The third kappa shape index (κ3) is 3.08. The Kier molecular flexibility index (Phi) is 5.72. The maximum Gasteiger partial charge on any atom is 0.313 e. The number of aliphatic hydroxyl groups excluding tert-OH is 1. The van der Waals surface area contributed by atoms with Gasteiger partial charge in [-0.25, -0.2) is 0 Å². The lowest BCUT2D eigenvalue weighted by Gasteiger charge is -2.37. The lowest BCUT2D eigenvalue weighted by molar-refractivity contribution is -0.154. The first kappa shape index (κ1) is 21.1. The molecule has 1 spiro atoms. The molecule has 0 bridgehead atoms. The number of amides is 2. The molecule has 30 heavy (non-hydrogen) atoms. The number of aliphatic hydroxyl groups is 1. The van der Waals surface area contributed by atoms with Crippen molar-refractivity contribution in [3.63, 3.8) is 0 Å². The zero-order valence-corrected chi connectivity index (χ0v) is 17.5. The summed E-state index contributed by atoms with van der Waals surface area (Å²) < 4.78 is 11.7. The van der Waals surface area contributed by atoms with Gasteiger partial charge in [-0.05, 0) is 19.4 Å². The van der Waals surface area contributed by atoms with Crippen LogP contribution in [0.4, 0.5) is 0 Å². The Bertz CT molecular complexity index is 780. The molecule has 1 N–H and O–H groups in total. The van der Waals surface area contributed by atoms with Crippen LogP contribution in [-0.4, -0.2) is 82.8 Å². The van der Waals surface area contributed by atoms with E-state index in [-0.39, 0.29) is 25.0 Å². The summed E-state index contributed by atoms with van der Waals surface area (Å²) in [6, 6.07) is -1.48. The number of unbranched alkanes of at least 4 members (excludes halogenated alkanes) is 2. The Morgan fingerprint density at radius 3 is 2.77 bits per heavy atom. The average molecular weight is 418 g/mol. The van der Waals surface area contributed by atoms with Gasteiger partial charge in [-0.15, -0.1) is 0 Å². The van der Waals surface area contributed by atoms with Gasteiger partial charge >= 0.3 is 5.97 Å². The molecular formula is C22H30N2O6. The zero-order chi connectivity index (χ0) is 21.5. The van der Waals surface area contributed by atoms with Gasteiger partial charge < -0.3 is 24.4 Å². The number of hydrogen-bond donors (Lipinski definition) is 1. The van der Waals surface area contributed by atoms with Crippen LogP contribution >= 0.6 is 0 Å². The molecular weight excluding hydrogens is 388 g/mol. The first-order valence-corrected chi connectivity index (χ1v) is 10.9. The number of esters is 1. The van der Waals surface area contributed by atoms with Crippen LogP contribution in [0.25, 0.3) is 0 Å². The molecule has 4 aliphatic rings. The average Bonchev–Trinajstić information content (AvgIpc) is 3.04. The Balaban J connectivity index is 1.77. The lowest BCUT2D eigenvalue weighted by Crippen LogP contribution is -2.57.